The minimum atomic E-state index is -6.49. The highest BCUT2D eigenvalue weighted by atomic mass is 19.4. The number of unbranched alkanes of at least 4 members (excludes halogenated alkanes) is 4. The molecule has 1 rings (SSSR count). The molecule has 0 N–H and O–H groups in total. The summed E-state index contributed by atoms with van der Waals surface area (Å²) in [6, 6.07) is 6.96. The first kappa shape index (κ1) is 25.2. The van der Waals surface area contributed by atoms with Crippen molar-refractivity contribution in [3.63, 3.8) is 0 Å². The molecule has 0 bridgehead atoms. The number of ketones is 1. The third kappa shape index (κ3) is 7.19. The summed E-state index contributed by atoms with van der Waals surface area (Å²) < 4.78 is 93.9. The van der Waals surface area contributed by atoms with Crippen molar-refractivity contribution in [3.05, 3.63) is 29.8 Å². The standard InChI is InChI=1S/C20H25F7O2/c1-2-3-4-7-14-29-16-12-10-15(11-13-16)8-5-6-9-17(28)18(21,22)19(23,24)20(25,26)27/h10-13H,2-9,14H2,1H3. The van der Waals surface area contributed by atoms with Crippen LogP contribution in [0.1, 0.15) is 57.4 Å². The Kier molecular flexibility index (Phi) is 9.42. The number of benzene rings is 1. The molecule has 0 aliphatic rings. The summed E-state index contributed by atoms with van der Waals surface area (Å²) in [5.41, 5.74) is 0.808. The summed E-state index contributed by atoms with van der Waals surface area (Å²) >= 11 is 0. The van der Waals surface area contributed by atoms with Gasteiger partial charge in [0.15, 0.2) is 0 Å². The van der Waals surface area contributed by atoms with Gasteiger partial charge in [0, 0.05) is 6.42 Å². The highest BCUT2D eigenvalue weighted by molar-refractivity contribution is 5.86. The van der Waals surface area contributed by atoms with Gasteiger partial charge in [-0.2, -0.15) is 30.7 Å². The molecule has 0 heterocycles. The van der Waals surface area contributed by atoms with Crippen LogP contribution < -0.4 is 4.74 Å². The van der Waals surface area contributed by atoms with Crippen LogP contribution >= 0.6 is 0 Å². The molecule has 0 amide bonds. The highest BCUT2D eigenvalue weighted by Gasteiger charge is 2.75. The molecule has 0 radical (unpaired) electrons. The number of aryl methyl sites for hydroxylation is 1. The molecular weight excluding hydrogens is 405 g/mol. The van der Waals surface area contributed by atoms with Gasteiger partial charge in [-0.3, -0.25) is 4.79 Å². The number of hydrogen-bond acceptors (Lipinski definition) is 2. The quantitative estimate of drug-likeness (QED) is 0.255. The number of Topliss-reactive ketones (excluding diaryl/α,β-unsaturated/α-hetero) is 1. The van der Waals surface area contributed by atoms with Crippen molar-refractivity contribution in [1.29, 1.82) is 0 Å². The molecule has 0 aromatic heterocycles. The molecule has 166 valence electrons. The van der Waals surface area contributed by atoms with Gasteiger partial charge in [0.25, 0.3) is 0 Å². The Hall–Kier alpha value is -1.80. The Morgan fingerprint density at radius 2 is 1.48 bits per heavy atom. The summed E-state index contributed by atoms with van der Waals surface area (Å²) in [6.45, 7) is 2.71. The lowest BCUT2D eigenvalue weighted by Crippen LogP contribution is -2.56. The fraction of sp³-hybridized carbons (Fsp3) is 0.650. The van der Waals surface area contributed by atoms with E-state index >= 15 is 0 Å². The van der Waals surface area contributed by atoms with Crippen molar-refractivity contribution in [2.45, 2.75) is 76.3 Å². The van der Waals surface area contributed by atoms with Crippen molar-refractivity contribution >= 4 is 5.78 Å². The van der Waals surface area contributed by atoms with Gasteiger partial charge in [-0.15, -0.1) is 0 Å². The molecule has 0 saturated heterocycles. The minimum absolute atomic E-state index is 0.191. The summed E-state index contributed by atoms with van der Waals surface area (Å²) in [5, 5.41) is 0. The predicted octanol–water partition coefficient (Wildman–Crippen LogP) is 6.76. The van der Waals surface area contributed by atoms with E-state index in [9.17, 15) is 35.5 Å². The lowest BCUT2D eigenvalue weighted by Gasteiger charge is -2.26. The zero-order valence-corrected chi connectivity index (χ0v) is 16.1. The largest absolute Gasteiger partial charge is 0.494 e. The normalized spacial score (nSPS) is 12.8. The number of ether oxygens (including phenoxy) is 1. The maximum atomic E-state index is 13.2. The molecule has 2 nitrogen and oxygen atoms in total. The molecular formula is C20H25F7O2. The monoisotopic (exact) mass is 430 g/mol. The Balaban J connectivity index is 2.39. The zero-order valence-electron chi connectivity index (χ0n) is 16.1. The van der Waals surface area contributed by atoms with Gasteiger partial charge >= 0.3 is 18.0 Å². The molecule has 9 heteroatoms. The van der Waals surface area contributed by atoms with Crippen LogP contribution in [0.3, 0.4) is 0 Å². The van der Waals surface area contributed by atoms with Crippen molar-refractivity contribution in [3.8, 4) is 5.75 Å². The molecule has 0 aliphatic carbocycles. The summed E-state index contributed by atoms with van der Waals surface area (Å²) in [4.78, 5) is 11.2. The smallest absolute Gasteiger partial charge is 0.460 e. The minimum Gasteiger partial charge on any atom is -0.494 e. The number of rotatable bonds is 13. The van der Waals surface area contributed by atoms with Crippen LogP contribution in [0, 0.1) is 0 Å². The average molecular weight is 430 g/mol. The van der Waals surface area contributed by atoms with Crippen LogP contribution in [0.2, 0.25) is 0 Å². The lowest BCUT2D eigenvalue weighted by atomic mass is 10.00. The number of halogens is 7. The van der Waals surface area contributed by atoms with Gasteiger partial charge in [-0.25, -0.2) is 0 Å². The fourth-order valence-electron chi connectivity index (χ4n) is 2.60. The Morgan fingerprint density at radius 1 is 0.862 bits per heavy atom. The Bertz CT molecular complexity index is 625. The van der Waals surface area contributed by atoms with Crippen LogP contribution in [0.15, 0.2) is 24.3 Å². The van der Waals surface area contributed by atoms with Crippen LogP contribution in [-0.4, -0.2) is 30.4 Å². The predicted molar refractivity (Wildman–Crippen MR) is 94.6 cm³/mol. The molecule has 0 spiro atoms. The first-order chi connectivity index (χ1) is 13.4. The van der Waals surface area contributed by atoms with E-state index in [0.717, 1.165) is 31.2 Å². The van der Waals surface area contributed by atoms with E-state index in [1.54, 1.807) is 24.3 Å². The van der Waals surface area contributed by atoms with E-state index < -0.39 is 30.2 Å². The van der Waals surface area contributed by atoms with E-state index in [2.05, 4.69) is 6.92 Å². The van der Waals surface area contributed by atoms with Crippen molar-refractivity contribution in [1.82, 2.24) is 0 Å². The number of carbonyl (C=O) groups is 1. The first-order valence-electron chi connectivity index (χ1n) is 9.51. The number of carbonyl (C=O) groups excluding carboxylic acids is 1. The molecule has 0 fully saturated rings. The summed E-state index contributed by atoms with van der Waals surface area (Å²) in [6.07, 6.45) is -2.92. The van der Waals surface area contributed by atoms with Crippen molar-refractivity contribution in [2.75, 3.05) is 6.61 Å². The van der Waals surface area contributed by atoms with Gasteiger partial charge in [-0.05, 0) is 43.4 Å². The topological polar surface area (TPSA) is 26.3 Å². The molecule has 0 unspecified atom stereocenters. The van der Waals surface area contributed by atoms with E-state index in [4.69, 9.17) is 4.74 Å². The SMILES string of the molecule is CCCCCCOc1ccc(CCCCC(=O)C(F)(F)C(F)(F)C(F)(F)F)cc1. The van der Waals surface area contributed by atoms with E-state index in [1.165, 1.54) is 0 Å². The molecule has 1 aromatic carbocycles. The zero-order chi connectivity index (χ0) is 22.1. The Labute approximate surface area is 165 Å². The molecule has 0 saturated carbocycles. The summed E-state index contributed by atoms with van der Waals surface area (Å²) in [5.74, 6) is -13.9. The molecule has 0 atom stereocenters. The van der Waals surface area contributed by atoms with Crippen LogP contribution in [-0.2, 0) is 11.2 Å². The van der Waals surface area contributed by atoms with Gasteiger partial charge in [0.1, 0.15) is 5.75 Å². The van der Waals surface area contributed by atoms with E-state index in [1.807, 2.05) is 0 Å². The third-order valence-corrected chi connectivity index (χ3v) is 4.41. The third-order valence-electron chi connectivity index (χ3n) is 4.41. The van der Waals surface area contributed by atoms with Crippen molar-refractivity contribution in [2.24, 2.45) is 0 Å². The number of hydrogen-bond donors (Lipinski definition) is 0. The maximum absolute atomic E-state index is 13.2. The average Bonchev–Trinajstić information content (AvgIpc) is 2.64. The fourth-order valence-corrected chi connectivity index (χ4v) is 2.60. The maximum Gasteiger partial charge on any atom is 0.460 e. The van der Waals surface area contributed by atoms with Gasteiger partial charge < -0.3 is 4.74 Å². The second-order valence-electron chi connectivity index (χ2n) is 6.83. The molecule has 1 aromatic rings. The van der Waals surface area contributed by atoms with Gasteiger partial charge in [0.05, 0.1) is 6.61 Å². The second kappa shape index (κ2) is 10.8. The van der Waals surface area contributed by atoms with Crippen LogP contribution in [0.25, 0.3) is 0 Å². The van der Waals surface area contributed by atoms with E-state index in [0.29, 0.717) is 18.8 Å². The Morgan fingerprint density at radius 3 is 2.03 bits per heavy atom. The van der Waals surface area contributed by atoms with E-state index in [-0.39, 0.29) is 12.8 Å². The molecule has 29 heavy (non-hydrogen) atoms. The van der Waals surface area contributed by atoms with Gasteiger partial charge in [0.2, 0.25) is 5.78 Å². The second-order valence-corrected chi connectivity index (χ2v) is 6.83. The first-order valence-corrected chi connectivity index (χ1v) is 9.51. The van der Waals surface area contributed by atoms with Gasteiger partial charge in [-0.1, -0.05) is 38.3 Å². The summed E-state index contributed by atoms with van der Waals surface area (Å²) in [7, 11) is 0. The molecule has 0 aliphatic heterocycles. The van der Waals surface area contributed by atoms with Crippen LogP contribution in [0.4, 0.5) is 30.7 Å². The number of alkyl halides is 7. The van der Waals surface area contributed by atoms with Crippen molar-refractivity contribution < 1.29 is 40.3 Å². The lowest BCUT2D eigenvalue weighted by molar-refractivity contribution is -0.343. The highest BCUT2D eigenvalue weighted by Crippen LogP contribution is 2.47. The van der Waals surface area contributed by atoms with Crippen LogP contribution in [0.5, 0.6) is 5.75 Å².